The maximum atomic E-state index is 13.7. The number of carbonyl (C=O) groups is 1. The van der Waals surface area contributed by atoms with Crippen molar-refractivity contribution < 1.29 is 23.8 Å². The van der Waals surface area contributed by atoms with Gasteiger partial charge in [-0.2, -0.15) is 0 Å². The van der Waals surface area contributed by atoms with Gasteiger partial charge in [-0.15, -0.1) is 0 Å². The van der Waals surface area contributed by atoms with Gasteiger partial charge in [-0.3, -0.25) is 0 Å². The number of aromatic carboxylic acids is 1. The summed E-state index contributed by atoms with van der Waals surface area (Å²) in [5.41, 5.74) is 0.293. The van der Waals surface area contributed by atoms with Crippen LogP contribution in [0.2, 0.25) is 0 Å². The Kier molecular flexibility index (Phi) is 4.14. The Hall–Kier alpha value is -2.63. The Bertz CT molecular complexity index is 613. The van der Waals surface area contributed by atoms with Crippen LogP contribution in [0, 0.1) is 5.82 Å². The molecule has 0 bridgehead atoms. The lowest BCUT2D eigenvalue weighted by Crippen LogP contribution is -2.02. The molecule has 0 saturated heterocycles. The van der Waals surface area contributed by atoms with E-state index < -0.39 is 11.8 Å². The van der Waals surface area contributed by atoms with Crippen LogP contribution in [0.5, 0.6) is 11.5 Å². The number of hydrogen-bond acceptors (Lipinski definition) is 4. The van der Waals surface area contributed by atoms with Gasteiger partial charge in [0.05, 0.1) is 13.3 Å². The van der Waals surface area contributed by atoms with Gasteiger partial charge in [-0.1, -0.05) is 0 Å². The first-order chi connectivity index (χ1) is 9.60. The second kappa shape index (κ2) is 6.01. The van der Waals surface area contributed by atoms with Gasteiger partial charge >= 0.3 is 5.97 Å². The molecule has 0 unspecified atom stereocenters. The molecule has 1 aromatic heterocycles. The largest absolute Gasteiger partial charge is 0.497 e. The summed E-state index contributed by atoms with van der Waals surface area (Å²) in [5, 5.41) is 8.70. The van der Waals surface area contributed by atoms with Crippen molar-refractivity contribution in [1.82, 2.24) is 4.98 Å². The summed E-state index contributed by atoms with van der Waals surface area (Å²) < 4.78 is 23.9. The van der Waals surface area contributed by atoms with Crippen LogP contribution in [-0.2, 0) is 6.61 Å². The lowest BCUT2D eigenvalue weighted by atomic mass is 10.2. The monoisotopic (exact) mass is 277 g/mol. The average molecular weight is 277 g/mol. The van der Waals surface area contributed by atoms with E-state index in [1.54, 1.807) is 12.1 Å². The zero-order chi connectivity index (χ0) is 14.5. The Balaban J connectivity index is 2.03. The lowest BCUT2D eigenvalue weighted by Gasteiger charge is -2.08. The first kappa shape index (κ1) is 13.8. The van der Waals surface area contributed by atoms with Gasteiger partial charge in [-0.25, -0.2) is 14.2 Å². The fraction of sp³-hybridized carbons (Fsp3) is 0.143. The number of carboxylic acids is 1. The molecule has 2 aromatic rings. The van der Waals surface area contributed by atoms with Crippen LogP contribution in [0.15, 0.2) is 36.5 Å². The van der Waals surface area contributed by atoms with Crippen molar-refractivity contribution in [3.05, 3.63) is 53.6 Å². The van der Waals surface area contributed by atoms with Gasteiger partial charge in [0.1, 0.15) is 29.6 Å². The molecule has 104 valence electrons. The zero-order valence-corrected chi connectivity index (χ0v) is 10.7. The SMILES string of the molecule is COc1ccc(COc2ccc(C(=O)O)nc2)c(F)c1. The summed E-state index contributed by atoms with van der Waals surface area (Å²) in [5.74, 6) is -0.749. The number of benzene rings is 1. The number of hydrogen-bond donors (Lipinski definition) is 1. The Morgan fingerprint density at radius 1 is 1.30 bits per heavy atom. The molecule has 5 nitrogen and oxygen atoms in total. The van der Waals surface area contributed by atoms with Gasteiger partial charge < -0.3 is 14.6 Å². The number of rotatable bonds is 5. The molecule has 1 N–H and O–H groups in total. The van der Waals surface area contributed by atoms with Crippen molar-refractivity contribution in [2.45, 2.75) is 6.61 Å². The van der Waals surface area contributed by atoms with Crippen LogP contribution < -0.4 is 9.47 Å². The first-order valence-electron chi connectivity index (χ1n) is 5.74. The highest BCUT2D eigenvalue weighted by Crippen LogP contribution is 2.18. The second-order valence-corrected chi connectivity index (χ2v) is 3.93. The molecule has 0 amide bonds. The quantitative estimate of drug-likeness (QED) is 0.909. The topological polar surface area (TPSA) is 68.7 Å². The molecule has 0 spiro atoms. The Morgan fingerprint density at radius 3 is 2.60 bits per heavy atom. The van der Waals surface area contributed by atoms with E-state index in [-0.39, 0.29) is 12.3 Å². The van der Waals surface area contributed by atoms with Crippen LogP contribution in [0.25, 0.3) is 0 Å². The predicted molar refractivity (Wildman–Crippen MR) is 68.5 cm³/mol. The fourth-order valence-electron chi connectivity index (χ4n) is 1.53. The first-order valence-corrected chi connectivity index (χ1v) is 5.74. The summed E-state index contributed by atoms with van der Waals surface area (Å²) in [6, 6.07) is 7.26. The van der Waals surface area contributed by atoms with Crippen LogP contribution in [0.4, 0.5) is 4.39 Å². The van der Waals surface area contributed by atoms with Gasteiger partial charge in [0, 0.05) is 11.6 Å². The Morgan fingerprint density at radius 2 is 2.05 bits per heavy atom. The summed E-state index contributed by atoms with van der Waals surface area (Å²) in [4.78, 5) is 14.3. The molecule has 20 heavy (non-hydrogen) atoms. The van der Waals surface area contributed by atoms with Gasteiger partial charge in [0.2, 0.25) is 0 Å². The third-order valence-electron chi connectivity index (χ3n) is 2.61. The highest BCUT2D eigenvalue weighted by molar-refractivity contribution is 5.85. The normalized spacial score (nSPS) is 10.1. The number of methoxy groups -OCH3 is 1. The highest BCUT2D eigenvalue weighted by atomic mass is 19.1. The minimum absolute atomic E-state index is 0.0178. The predicted octanol–water partition coefficient (Wildman–Crippen LogP) is 2.51. The second-order valence-electron chi connectivity index (χ2n) is 3.93. The average Bonchev–Trinajstić information content (AvgIpc) is 2.46. The van der Waals surface area contributed by atoms with Gasteiger partial charge in [0.25, 0.3) is 0 Å². The molecule has 0 aliphatic carbocycles. The molecule has 0 radical (unpaired) electrons. The van der Waals surface area contributed by atoms with E-state index in [2.05, 4.69) is 4.98 Å². The smallest absolute Gasteiger partial charge is 0.354 e. The molecule has 1 aromatic carbocycles. The number of aromatic nitrogens is 1. The summed E-state index contributed by atoms with van der Waals surface area (Å²) in [6.07, 6.45) is 1.28. The summed E-state index contributed by atoms with van der Waals surface area (Å²) >= 11 is 0. The zero-order valence-electron chi connectivity index (χ0n) is 10.7. The van der Waals surface area contributed by atoms with E-state index in [4.69, 9.17) is 14.6 Å². The molecule has 2 rings (SSSR count). The van der Waals surface area contributed by atoms with Crippen molar-refractivity contribution in [2.75, 3.05) is 7.11 Å². The van der Waals surface area contributed by atoms with E-state index >= 15 is 0 Å². The molecule has 0 fully saturated rings. The minimum atomic E-state index is -1.11. The molecule has 6 heteroatoms. The maximum Gasteiger partial charge on any atom is 0.354 e. The molecule has 0 saturated carbocycles. The summed E-state index contributed by atoms with van der Waals surface area (Å²) in [7, 11) is 1.46. The Labute approximate surface area is 114 Å². The van der Waals surface area contributed by atoms with E-state index in [1.165, 1.54) is 31.5 Å². The van der Waals surface area contributed by atoms with E-state index in [0.29, 0.717) is 17.1 Å². The third-order valence-corrected chi connectivity index (χ3v) is 2.61. The molecular formula is C14H12FNO4. The maximum absolute atomic E-state index is 13.7. The molecule has 0 atom stereocenters. The van der Waals surface area contributed by atoms with Crippen molar-refractivity contribution >= 4 is 5.97 Å². The number of halogens is 1. The van der Waals surface area contributed by atoms with Gasteiger partial charge in [0.15, 0.2) is 0 Å². The van der Waals surface area contributed by atoms with Gasteiger partial charge in [-0.05, 0) is 24.3 Å². The molecule has 0 aliphatic rings. The van der Waals surface area contributed by atoms with Crippen LogP contribution >= 0.6 is 0 Å². The third kappa shape index (κ3) is 3.23. The van der Waals surface area contributed by atoms with E-state index in [9.17, 15) is 9.18 Å². The van der Waals surface area contributed by atoms with Crippen molar-refractivity contribution in [3.8, 4) is 11.5 Å². The molecule has 0 aliphatic heterocycles. The van der Waals surface area contributed by atoms with Crippen LogP contribution in [0.1, 0.15) is 16.1 Å². The van der Waals surface area contributed by atoms with Crippen LogP contribution in [0.3, 0.4) is 0 Å². The van der Waals surface area contributed by atoms with Crippen molar-refractivity contribution in [1.29, 1.82) is 0 Å². The number of ether oxygens (including phenoxy) is 2. The van der Waals surface area contributed by atoms with Crippen LogP contribution in [-0.4, -0.2) is 23.2 Å². The van der Waals surface area contributed by atoms with E-state index in [1.807, 2.05) is 0 Å². The van der Waals surface area contributed by atoms with Crippen molar-refractivity contribution in [2.24, 2.45) is 0 Å². The number of pyridine rings is 1. The van der Waals surface area contributed by atoms with E-state index in [0.717, 1.165) is 0 Å². The fourth-order valence-corrected chi connectivity index (χ4v) is 1.53. The molecule has 1 heterocycles. The number of carboxylic acid groups (broad SMARTS) is 1. The lowest BCUT2D eigenvalue weighted by molar-refractivity contribution is 0.0690. The van der Waals surface area contributed by atoms with Crippen molar-refractivity contribution in [3.63, 3.8) is 0 Å². The number of nitrogens with zero attached hydrogens (tertiary/aromatic N) is 1. The molecular weight excluding hydrogens is 265 g/mol. The minimum Gasteiger partial charge on any atom is -0.497 e. The highest BCUT2D eigenvalue weighted by Gasteiger charge is 2.07. The standard InChI is InChI=1S/C14H12FNO4/c1-19-10-3-2-9(12(15)6-10)8-20-11-4-5-13(14(17)18)16-7-11/h2-7H,8H2,1H3,(H,17,18). The summed E-state index contributed by atoms with van der Waals surface area (Å²) in [6.45, 7) is 0.0178.